The van der Waals surface area contributed by atoms with E-state index in [4.69, 9.17) is 5.73 Å². The van der Waals surface area contributed by atoms with Crippen LogP contribution < -0.4 is 5.73 Å². The molecule has 0 saturated heterocycles. The van der Waals surface area contributed by atoms with Gasteiger partial charge < -0.3 is 5.73 Å². The molecule has 0 heterocycles. The maximum Gasteiger partial charge on any atom is 0.147 e. The summed E-state index contributed by atoms with van der Waals surface area (Å²) in [5, 5.41) is 0. The molecule has 0 aliphatic rings. The van der Waals surface area contributed by atoms with E-state index in [0.29, 0.717) is 6.42 Å². The van der Waals surface area contributed by atoms with E-state index in [9.17, 15) is 8.42 Å². The summed E-state index contributed by atoms with van der Waals surface area (Å²) in [5.74, 6) is 0.118. The first-order chi connectivity index (χ1) is 7.62. The van der Waals surface area contributed by atoms with Gasteiger partial charge in [-0.3, -0.25) is 0 Å². The van der Waals surface area contributed by atoms with E-state index in [1.54, 1.807) is 0 Å². The van der Waals surface area contributed by atoms with Gasteiger partial charge in [-0.1, -0.05) is 23.8 Å². The van der Waals surface area contributed by atoms with E-state index in [1.165, 1.54) is 6.26 Å². The number of nitrogens with two attached hydrogens (primary N) is 1. The summed E-state index contributed by atoms with van der Waals surface area (Å²) in [6, 6.07) is 6.10. The SMILES string of the molecule is Cc1ccc(C)c(C(C)(N)CCS(C)(=O)=O)c1. The zero-order chi connectivity index (χ0) is 13.3. The monoisotopic (exact) mass is 255 g/mol. The lowest BCUT2D eigenvalue weighted by atomic mass is 9.86. The molecule has 0 aliphatic carbocycles. The number of aryl methyl sites for hydroxylation is 2. The third-order valence-electron chi connectivity index (χ3n) is 3.00. The van der Waals surface area contributed by atoms with Gasteiger partial charge >= 0.3 is 0 Å². The molecule has 0 bridgehead atoms. The van der Waals surface area contributed by atoms with Crippen molar-refractivity contribution in [3.8, 4) is 0 Å². The first-order valence-electron chi connectivity index (χ1n) is 5.66. The highest BCUT2D eigenvalue weighted by Crippen LogP contribution is 2.26. The molecule has 2 N–H and O–H groups in total. The lowest BCUT2D eigenvalue weighted by Crippen LogP contribution is -2.36. The van der Waals surface area contributed by atoms with Crippen LogP contribution in [-0.2, 0) is 15.4 Å². The van der Waals surface area contributed by atoms with Crippen molar-refractivity contribution in [2.24, 2.45) is 5.73 Å². The molecule has 1 unspecified atom stereocenters. The molecule has 0 fully saturated rings. The van der Waals surface area contributed by atoms with E-state index in [1.807, 2.05) is 39.0 Å². The fourth-order valence-corrected chi connectivity index (χ4v) is 2.68. The minimum atomic E-state index is -2.97. The second-order valence-corrected chi connectivity index (χ2v) is 7.38. The molecule has 1 rings (SSSR count). The molecule has 0 amide bonds. The zero-order valence-corrected chi connectivity index (χ0v) is 11.8. The van der Waals surface area contributed by atoms with Crippen LogP contribution in [0.25, 0.3) is 0 Å². The first-order valence-corrected chi connectivity index (χ1v) is 7.72. The number of benzene rings is 1. The Kier molecular flexibility index (Phi) is 3.99. The van der Waals surface area contributed by atoms with Gasteiger partial charge in [-0.05, 0) is 38.3 Å². The Balaban J connectivity index is 3.00. The molecule has 4 heteroatoms. The van der Waals surface area contributed by atoms with Crippen LogP contribution in [0.1, 0.15) is 30.0 Å². The predicted molar refractivity (Wildman–Crippen MR) is 71.8 cm³/mol. The van der Waals surface area contributed by atoms with E-state index in [0.717, 1.165) is 16.7 Å². The van der Waals surface area contributed by atoms with Crippen LogP contribution in [0.3, 0.4) is 0 Å². The van der Waals surface area contributed by atoms with Crippen molar-refractivity contribution in [1.29, 1.82) is 0 Å². The molecule has 0 radical (unpaired) electrons. The molecule has 0 spiro atoms. The predicted octanol–water partition coefficient (Wildman–Crippen LogP) is 1.91. The Morgan fingerprint density at radius 1 is 1.29 bits per heavy atom. The molecule has 17 heavy (non-hydrogen) atoms. The number of rotatable bonds is 4. The number of hydrogen-bond acceptors (Lipinski definition) is 3. The summed E-state index contributed by atoms with van der Waals surface area (Å²) in [5.41, 5.74) is 8.93. The van der Waals surface area contributed by atoms with Crippen molar-refractivity contribution in [2.45, 2.75) is 32.7 Å². The molecule has 0 aromatic heterocycles. The molecule has 0 aliphatic heterocycles. The van der Waals surface area contributed by atoms with Crippen LogP contribution in [0.15, 0.2) is 18.2 Å². The molecule has 0 saturated carbocycles. The minimum Gasteiger partial charge on any atom is -0.322 e. The Bertz CT molecular complexity index is 504. The van der Waals surface area contributed by atoms with Gasteiger partial charge in [0, 0.05) is 11.8 Å². The normalized spacial score (nSPS) is 15.6. The summed E-state index contributed by atoms with van der Waals surface area (Å²) in [6.45, 7) is 5.90. The fourth-order valence-electron chi connectivity index (χ4n) is 1.88. The van der Waals surface area contributed by atoms with Crippen LogP contribution in [0.4, 0.5) is 0 Å². The van der Waals surface area contributed by atoms with E-state index < -0.39 is 15.4 Å². The van der Waals surface area contributed by atoms with Crippen molar-refractivity contribution in [3.63, 3.8) is 0 Å². The van der Waals surface area contributed by atoms with Gasteiger partial charge in [-0.15, -0.1) is 0 Å². The van der Waals surface area contributed by atoms with Crippen LogP contribution in [0, 0.1) is 13.8 Å². The van der Waals surface area contributed by atoms with Gasteiger partial charge in [0.2, 0.25) is 0 Å². The molecule has 1 aromatic carbocycles. The molecular formula is C13H21NO2S. The standard InChI is InChI=1S/C13H21NO2S/c1-10-5-6-11(2)12(9-10)13(3,14)7-8-17(4,15)16/h5-6,9H,7-8,14H2,1-4H3. The highest BCUT2D eigenvalue weighted by atomic mass is 32.2. The molecule has 1 atom stereocenters. The molecule has 96 valence electrons. The largest absolute Gasteiger partial charge is 0.322 e. The van der Waals surface area contributed by atoms with E-state index in [2.05, 4.69) is 0 Å². The summed E-state index contributed by atoms with van der Waals surface area (Å²) in [6.07, 6.45) is 1.68. The smallest absolute Gasteiger partial charge is 0.147 e. The summed E-state index contributed by atoms with van der Waals surface area (Å²) in [7, 11) is -2.97. The van der Waals surface area contributed by atoms with Gasteiger partial charge in [0.25, 0.3) is 0 Å². The van der Waals surface area contributed by atoms with Crippen LogP contribution in [0.2, 0.25) is 0 Å². The summed E-state index contributed by atoms with van der Waals surface area (Å²) in [4.78, 5) is 0. The molecule has 3 nitrogen and oxygen atoms in total. The van der Waals surface area contributed by atoms with Gasteiger partial charge in [-0.2, -0.15) is 0 Å². The lowest BCUT2D eigenvalue weighted by molar-refractivity contribution is 0.470. The Labute approximate surface area is 104 Å². The van der Waals surface area contributed by atoms with Crippen molar-refractivity contribution < 1.29 is 8.42 Å². The highest BCUT2D eigenvalue weighted by Gasteiger charge is 2.24. The lowest BCUT2D eigenvalue weighted by Gasteiger charge is -2.27. The third-order valence-corrected chi connectivity index (χ3v) is 3.95. The zero-order valence-electron chi connectivity index (χ0n) is 10.9. The topological polar surface area (TPSA) is 60.2 Å². The Morgan fingerprint density at radius 2 is 1.88 bits per heavy atom. The van der Waals surface area contributed by atoms with Gasteiger partial charge in [0.15, 0.2) is 0 Å². The average molecular weight is 255 g/mol. The van der Waals surface area contributed by atoms with Gasteiger partial charge in [0.1, 0.15) is 9.84 Å². The third kappa shape index (κ3) is 4.13. The van der Waals surface area contributed by atoms with E-state index in [-0.39, 0.29) is 5.75 Å². The molecular weight excluding hydrogens is 234 g/mol. The van der Waals surface area contributed by atoms with Crippen molar-refractivity contribution in [2.75, 3.05) is 12.0 Å². The van der Waals surface area contributed by atoms with Gasteiger partial charge in [0.05, 0.1) is 5.75 Å². The average Bonchev–Trinajstić information content (AvgIpc) is 2.18. The second kappa shape index (κ2) is 4.78. The van der Waals surface area contributed by atoms with Crippen LogP contribution in [-0.4, -0.2) is 20.4 Å². The maximum absolute atomic E-state index is 11.2. The summed E-state index contributed by atoms with van der Waals surface area (Å²) < 4.78 is 22.4. The Hall–Kier alpha value is -0.870. The Morgan fingerprint density at radius 3 is 2.41 bits per heavy atom. The minimum absolute atomic E-state index is 0.118. The van der Waals surface area contributed by atoms with Crippen LogP contribution in [0.5, 0.6) is 0 Å². The first kappa shape index (κ1) is 14.2. The second-order valence-electron chi connectivity index (χ2n) is 5.12. The summed E-state index contributed by atoms with van der Waals surface area (Å²) >= 11 is 0. The van der Waals surface area contributed by atoms with Crippen molar-refractivity contribution in [1.82, 2.24) is 0 Å². The molecule has 1 aromatic rings. The van der Waals surface area contributed by atoms with E-state index >= 15 is 0 Å². The van der Waals surface area contributed by atoms with Gasteiger partial charge in [-0.25, -0.2) is 8.42 Å². The number of sulfone groups is 1. The maximum atomic E-state index is 11.2. The highest BCUT2D eigenvalue weighted by molar-refractivity contribution is 7.90. The quantitative estimate of drug-likeness (QED) is 0.894. The number of hydrogen-bond donors (Lipinski definition) is 1. The van der Waals surface area contributed by atoms with Crippen LogP contribution >= 0.6 is 0 Å². The van der Waals surface area contributed by atoms with Crippen molar-refractivity contribution >= 4 is 9.84 Å². The fraction of sp³-hybridized carbons (Fsp3) is 0.538. The van der Waals surface area contributed by atoms with Crippen molar-refractivity contribution in [3.05, 3.63) is 34.9 Å².